The van der Waals surface area contributed by atoms with E-state index >= 15 is 0 Å². The maximum Gasteiger partial charge on any atom is 0.325 e. The first-order chi connectivity index (χ1) is 12.9. The minimum absolute atomic E-state index is 0.229. The lowest BCUT2D eigenvalue weighted by molar-refractivity contribution is -0.141. The van der Waals surface area contributed by atoms with Crippen LogP contribution in [0.5, 0.6) is 0 Å². The largest absolute Gasteiger partial charge is 0.456 e. The Morgan fingerprint density at radius 1 is 1.19 bits per heavy atom. The molecule has 0 atom stereocenters. The standard InChI is InChI=1S/C20H21FN2O4/c1-12-9-17(13(2)23(12)16-7-8-16)18(24)11-27-19(25)10-22-20(26)14-3-5-15(21)6-4-14/h3-6,9,16H,7-8,10-11H2,1-2H3,(H,22,26). The van der Waals surface area contributed by atoms with Gasteiger partial charge >= 0.3 is 5.97 Å². The summed E-state index contributed by atoms with van der Waals surface area (Å²) in [5, 5.41) is 2.38. The molecule has 3 rings (SSSR count). The average Bonchev–Trinajstić information content (AvgIpc) is 3.43. The third-order valence-electron chi connectivity index (χ3n) is 4.56. The highest BCUT2D eigenvalue weighted by Gasteiger charge is 2.28. The molecule has 7 heteroatoms. The van der Waals surface area contributed by atoms with Gasteiger partial charge in [-0.25, -0.2) is 4.39 Å². The minimum Gasteiger partial charge on any atom is -0.456 e. The molecule has 0 aliphatic heterocycles. The van der Waals surface area contributed by atoms with Crippen molar-refractivity contribution in [3.8, 4) is 0 Å². The molecule has 1 fully saturated rings. The molecule has 1 heterocycles. The number of ether oxygens (including phenoxy) is 1. The smallest absolute Gasteiger partial charge is 0.325 e. The molecule has 1 aliphatic rings. The van der Waals surface area contributed by atoms with E-state index < -0.39 is 17.7 Å². The number of carbonyl (C=O) groups is 3. The SMILES string of the molecule is Cc1cc(C(=O)COC(=O)CNC(=O)c2ccc(F)cc2)c(C)n1C1CC1. The topological polar surface area (TPSA) is 77.4 Å². The van der Waals surface area contributed by atoms with Gasteiger partial charge in [0.1, 0.15) is 12.4 Å². The molecule has 2 aromatic rings. The first kappa shape index (κ1) is 18.8. The molecule has 27 heavy (non-hydrogen) atoms. The van der Waals surface area contributed by atoms with Crippen molar-refractivity contribution in [3.05, 3.63) is 58.7 Å². The fourth-order valence-corrected chi connectivity index (χ4v) is 3.08. The van der Waals surface area contributed by atoms with Crippen molar-refractivity contribution in [2.75, 3.05) is 13.2 Å². The Morgan fingerprint density at radius 3 is 2.48 bits per heavy atom. The second kappa shape index (κ2) is 7.73. The van der Waals surface area contributed by atoms with Gasteiger partial charge in [0.25, 0.3) is 5.91 Å². The highest BCUT2D eigenvalue weighted by Crippen LogP contribution is 2.38. The van der Waals surface area contributed by atoms with Crippen molar-refractivity contribution in [2.45, 2.75) is 32.7 Å². The number of esters is 1. The van der Waals surface area contributed by atoms with Gasteiger partial charge in [-0.05, 0) is 57.0 Å². The quantitative estimate of drug-likeness (QED) is 0.599. The van der Waals surface area contributed by atoms with Gasteiger partial charge in [0.2, 0.25) is 5.78 Å². The average molecular weight is 372 g/mol. The van der Waals surface area contributed by atoms with Gasteiger partial charge in [0, 0.05) is 28.6 Å². The van der Waals surface area contributed by atoms with Gasteiger partial charge in [0.05, 0.1) is 0 Å². The number of hydrogen-bond donors (Lipinski definition) is 1. The Bertz CT molecular complexity index is 882. The van der Waals surface area contributed by atoms with Crippen molar-refractivity contribution in [3.63, 3.8) is 0 Å². The summed E-state index contributed by atoms with van der Waals surface area (Å²) in [5.41, 5.74) is 2.70. The van der Waals surface area contributed by atoms with Crippen molar-refractivity contribution >= 4 is 17.7 Å². The molecular formula is C20H21FN2O4. The van der Waals surface area contributed by atoms with Gasteiger partial charge in [-0.1, -0.05) is 0 Å². The summed E-state index contributed by atoms with van der Waals surface area (Å²) < 4.78 is 20.0. The highest BCUT2D eigenvalue weighted by molar-refractivity contribution is 6.00. The lowest BCUT2D eigenvalue weighted by atomic mass is 10.1. The van der Waals surface area contributed by atoms with Crippen LogP contribution in [0.25, 0.3) is 0 Å². The number of aryl methyl sites for hydroxylation is 1. The summed E-state index contributed by atoms with van der Waals surface area (Å²) in [6.07, 6.45) is 2.24. The van der Waals surface area contributed by atoms with Crippen molar-refractivity contribution in [1.29, 1.82) is 0 Å². The first-order valence-corrected chi connectivity index (χ1v) is 8.78. The van der Waals surface area contributed by atoms with E-state index in [1.165, 1.54) is 12.1 Å². The van der Waals surface area contributed by atoms with E-state index in [0.29, 0.717) is 11.6 Å². The molecule has 1 saturated carbocycles. The van der Waals surface area contributed by atoms with Crippen molar-refractivity contribution in [1.82, 2.24) is 9.88 Å². The van der Waals surface area contributed by atoms with Crippen LogP contribution in [0.4, 0.5) is 4.39 Å². The van der Waals surface area contributed by atoms with Crippen LogP contribution in [0.3, 0.4) is 0 Å². The zero-order chi connectivity index (χ0) is 19.6. The van der Waals surface area contributed by atoms with E-state index in [9.17, 15) is 18.8 Å². The molecule has 1 amide bonds. The molecule has 6 nitrogen and oxygen atoms in total. The monoisotopic (exact) mass is 372 g/mol. The fraction of sp³-hybridized carbons (Fsp3) is 0.350. The molecule has 0 bridgehead atoms. The molecule has 1 N–H and O–H groups in total. The summed E-state index contributed by atoms with van der Waals surface area (Å²) in [4.78, 5) is 36.0. The Balaban J connectivity index is 1.49. The van der Waals surface area contributed by atoms with Crippen LogP contribution in [-0.4, -0.2) is 35.4 Å². The van der Waals surface area contributed by atoms with E-state index in [0.717, 1.165) is 36.4 Å². The molecule has 0 unspecified atom stereocenters. The van der Waals surface area contributed by atoms with Crippen LogP contribution >= 0.6 is 0 Å². The molecule has 1 aromatic carbocycles. The summed E-state index contributed by atoms with van der Waals surface area (Å²) in [7, 11) is 0. The molecular weight excluding hydrogens is 351 g/mol. The summed E-state index contributed by atoms with van der Waals surface area (Å²) in [6.45, 7) is 3.10. The van der Waals surface area contributed by atoms with E-state index in [1.807, 2.05) is 19.9 Å². The third-order valence-corrected chi connectivity index (χ3v) is 4.56. The number of benzene rings is 1. The number of nitrogens with one attached hydrogen (secondary N) is 1. The number of halogens is 1. The molecule has 0 spiro atoms. The van der Waals surface area contributed by atoms with E-state index in [4.69, 9.17) is 4.74 Å². The lowest BCUT2D eigenvalue weighted by Gasteiger charge is -2.08. The van der Waals surface area contributed by atoms with Gasteiger partial charge in [0.15, 0.2) is 6.61 Å². The predicted molar refractivity (Wildman–Crippen MR) is 96.2 cm³/mol. The van der Waals surface area contributed by atoms with Crippen LogP contribution in [0.2, 0.25) is 0 Å². The second-order valence-corrected chi connectivity index (χ2v) is 6.66. The second-order valence-electron chi connectivity index (χ2n) is 6.66. The number of amides is 1. The summed E-state index contributed by atoms with van der Waals surface area (Å²) >= 11 is 0. The van der Waals surface area contributed by atoms with Gasteiger partial charge in [-0.15, -0.1) is 0 Å². The zero-order valence-electron chi connectivity index (χ0n) is 15.3. The Hall–Kier alpha value is -2.96. The van der Waals surface area contributed by atoms with Crippen LogP contribution in [0.15, 0.2) is 30.3 Å². The Morgan fingerprint density at radius 2 is 1.85 bits per heavy atom. The third kappa shape index (κ3) is 4.42. The molecule has 0 radical (unpaired) electrons. The number of aromatic nitrogens is 1. The molecule has 1 aromatic heterocycles. The fourth-order valence-electron chi connectivity index (χ4n) is 3.08. The Labute approximate surface area is 156 Å². The highest BCUT2D eigenvalue weighted by atomic mass is 19.1. The minimum atomic E-state index is -0.713. The Kier molecular flexibility index (Phi) is 5.39. The summed E-state index contributed by atoms with van der Waals surface area (Å²) in [5.74, 6) is -1.96. The van der Waals surface area contributed by atoms with Gasteiger partial charge in [-0.3, -0.25) is 14.4 Å². The summed E-state index contributed by atoms with van der Waals surface area (Å²) in [6, 6.07) is 7.23. The normalized spacial score (nSPS) is 13.3. The maximum absolute atomic E-state index is 12.8. The van der Waals surface area contributed by atoms with E-state index in [2.05, 4.69) is 9.88 Å². The first-order valence-electron chi connectivity index (χ1n) is 8.78. The van der Waals surface area contributed by atoms with Gasteiger partial charge < -0.3 is 14.6 Å². The number of ketones is 1. The number of hydrogen-bond acceptors (Lipinski definition) is 4. The van der Waals surface area contributed by atoms with Crippen LogP contribution in [0, 0.1) is 19.7 Å². The number of carbonyl (C=O) groups excluding carboxylic acids is 3. The number of Topliss-reactive ketones (excluding diaryl/α,β-unsaturated/α-hetero) is 1. The van der Waals surface area contributed by atoms with Crippen molar-refractivity contribution < 1.29 is 23.5 Å². The van der Waals surface area contributed by atoms with Crippen LogP contribution in [0.1, 0.15) is 51.0 Å². The number of nitrogens with zero attached hydrogens (tertiary/aromatic N) is 1. The molecule has 142 valence electrons. The zero-order valence-corrected chi connectivity index (χ0v) is 15.3. The van der Waals surface area contributed by atoms with Crippen LogP contribution < -0.4 is 5.32 Å². The maximum atomic E-state index is 12.8. The van der Waals surface area contributed by atoms with Crippen LogP contribution in [-0.2, 0) is 9.53 Å². The van der Waals surface area contributed by atoms with Crippen molar-refractivity contribution in [2.24, 2.45) is 0 Å². The van der Waals surface area contributed by atoms with E-state index in [1.54, 1.807) is 0 Å². The lowest BCUT2D eigenvalue weighted by Crippen LogP contribution is -2.31. The van der Waals surface area contributed by atoms with E-state index in [-0.39, 0.29) is 24.5 Å². The molecule has 1 aliphatic carbocycles. The predicted octanol–water partition coefficient (Wildman–Crippen LogP) is 2.73. The number of rotatable bonds is 7. The molecule has 0 saturated heterocycles. The van der Waals surface area contributed by atoms with Gasteiger partial charge in [-0.2, -0.15) is 0 Å².